The summed E-state index contributed by atoms with van der Waals surface area (Å²) in [6.07, 6.45) is 4.37. The molecule has 9 nitrogen and oxygen atoms in total. The average molecular weight is 304 g/mol. The molecule has 3 N–H and O–H groups in total. The Bertz CT molecular complexity index is 660. The fraction of sp³-hybridized carbons (Fsp3) is 0.385. The van der Waals surface area contributed by atoms with Crippen LogP contribution in [0.15, 0.2) is 24.8 Å². The zero-order valence-corrected chi connectivity index (χ0v) is 11.8. The van der Waals surface area contributed by atoms with Gasteiger partial charge in [-0.15, -0.1) is 0 Å². The molecule has 1 saturated heterocycles. The molecule has 0 amide bonds. The highest BCUT2D eigenvalue weighted by molar-refractivity contribution is 5.71. The lowest BCUT2D eigenvalue weighted by molar-refractivity contribution is -0.140. The van der Waals surface area contributed by atoms with Crippen LogP contribution in [0, 0.1) is 0 Å². The number of nitrogens with two attached hydrogens (primary N) is 1. The van der Waals surface area contributed by atoms with Crippen LogP contribution in [0.5, 0.6) is 0 Å². The summed E-state index contributed by atoms with van der Waals surface area (Å²) < 4.78 is 7.02. The lowest BCUT2D eigenvalue weighted by Crippen LogP contribution is -2.44. The van der Waals surface area contributed by atoms with Gasteiger partial charge in [0.15, 0.2) is 11.6 Å². The maximum absolute atomic E-state index is 10.8. The van der Waals surface area contributed by atoms with E-state index in [1.54, 1.807) is 23.1 Å². The molecule has 2 aromatic heterocycles. The smallest absolute Gasteiger partial charge is 0.306 e. The summed E-state index contributed by atoms with van der Waals surface area (Å²) >= 11 is 0. The van der Waals surface area contributed by atoms with Crippen LogP contribution in [0.1, 0.15) is 6.42 Å². The number of aliphatic carboxylic acids is 1. The SMILES string of the molecule is Nc1c(N2CCOC(CC(=O)O)C2)ncnc1-n1cccn1. The molecule has 22 heavy (non-hydrogen) atoms. The monoisotopic (exact) mass is 304 g/mol. The lowest BCUT2D eigenvalue weighted by atomic mass is 10.2. The summed E-state index contributed by atoms with van der Waals surface area (Å²) in [6, 6.07) is 1.78. The van der Waals surface area contributed by atoms with E-state index in [1.165, 1.54) is 6.33 Å². The van der Waals surface area contributed by atoms with Crippen molar-refractivity contribution in [3.05, 3.63) is 24.8 Å². The standard InChI is InChI=1S/C13H16N6O3/c14-11-12(15-8-16-13(11)19-3-1-2-17-19)18-4-5-22-9(7-18)6-10(20)21/h1-3,8-9H,4-7,14H2,(H,20,21). The zero-order valence-electron chi connectivity index (χ0n) is 11.8. The molecule has 0 aliphatic carbocycles. The van der Waals surface area contributed by atoms with Crippen molar-refractivity contribution in [2.24, 2.45) is 0 Å². The van der Waals surface area contributed by atoms with Crippen LogP contribution in [0.4, 0.5) is 11.5 Å². The first-order valence-electron chi connectivity index (χ1n) is 6.84. The van der Waals surface area contributed by atoms with Crippen LogP contribution in [-0.2, 0) is 9.53 Å². The second-order valence-electron chi connectivity index (χ2n) is 4.92. The highest BCUT2D eigenvalue weighted by Crippen LogP contribution is 2.26. The molecule has 116 valence electrons. The molecule has 0 bridgehead atoms. The number of rotatable bonds is 4. The summed E-state index contributed by atoms with van der Waals surface area (Å²) in [6.45, 7) is 1.44. The fourth-order valence-electron chi connectivity index (χ4n) is 2.44. The Balaban J connectivity index is 1.85. The number of hydrogen-bond donors (Lipinski definition) is 2. The minimum absolute atomic E-state index is 0.0481. The maximum atomic E-state index is 10.8. The van der Waals surface area contributed by atoms with Gasteiger partial charge >= 0.3 is 5.97 Å². The summed E-state index contributed by atoms with van der Waals surface area (Å²) in [5.74, 6) is 0.176. The van der Waals surface area contributed by atoms with E-state index in [9.17, 15) is 4.79 Å². The van der Waals surface area contributed by atoms with Crippen molar-refractivity contribution in [2.45, 2.75) is 12.5 Å². The predicted octanol–water partition coefficient (Wildman–Crippen LogP) is -0.0756. The van der Waals surface area contributed by atoms with E-state index in [4.69, 9.17) is 15.6 Å². The first kappa shape index (κ1) is 14.3. The quantitative estimate of drug-likeness (QED) is 0.805. The molecule has 3 rings (SSSR count). The largest absolute Gasteiger partial charge is 0.481 e. The molecule has 0 spiro atoms. The van der Waals surface area contributed by atoms with E-state index < -0.39 is 5.97 Å². The number of anilines is 2. The molecule has 1 aliphatic rings. The van der Waals surface area contributed by atoms with Crippen LogP contribution in [-0.4, -0.2) is 56.6 Å². The van der Waals surface area contributed by atoms with Gasteiger partial charge in [0.25, 0.3) is 0 Å². The molecular formula is C13H16N6O3. The summed E-state index contributed by atoms with van der Waals surface area (Å²) in [7, 11) is 0. The van der Waals surface area contributed by atoms with Gasteiger partial charge in [-0.3, -0.25) is 4.79 Å². The van der Waals surface area contributed by atoms with E-state index in [0.717, 1.165) is 0 Å². The number of aromatic nitrogens is 4. The molecule has 2 aromatic rings. The Labute approximate surface area is 126 Å². The van der Waals surface area contributed by atoms with Gasteiger partial charge in [0, 0.05) is 25.5 Å². The number of carboxylic acids is 1. The van der Waals surface area contributed by atoms with Gasteiger partial charge in [0.1, 0.15) is 12.0 Å². The summed E-state index contributed by atoms with van der Waals surface area (Å²) in [4.78, 5) is 21.1. The van der Waals surface area contributed by atoms with E-state index in [-0.39, 0.29) is 12.5 Å². The Kier molecular flexibility index (Phi) is 3.88. The van der Waals surface area contributed by atoms with Gasteiger partial charge in [-0.2, -0.15) is 5.10 Å². The normalized spacial score (nSPS) is 18.4. The first-order chi connectivity index (χ1) is 10.6. The third kappa shape index (κ3) is 2.84. The van der Waals surface area contributed by atoms with Crippen LogP contribution < -0.4 is 10.6 Å². The van der Waals surface area contributed by atoms with Crippen LogP contribution in [0.25, 0.3) is 5.82 Å². The lowest BCUT2D eigenvalue weighted by Gasteiger charge is -2.33. The van der Waals surface area contributed by atoms with Gasteiger partial charge in [-0.05, 0) is 6.07 Å². The fourth-order valence-corrected chi connectivity index (χ4v) is 2.44. The van der Waals surface area contributed by atoms with Crippen molar-refractivity contribution in [3.8, 4) is 5.82 Å². The number of hydrogen-bond acceptors (Lipinski definition) is 7. The molecule has 1 unspecified atom stereocenters. The number of nitrogens with zero attached hydrogens (tertiary/aromatic N) is 5. The Morgan fingerprint density at radius 2 is 2.27 bits per heavy atom. The molecule has 1 atom stereocenters. The van der Waals surface area contributed by atoms with Gasteiger partial charge in [-0.25, -0.2) is 14.6 Å². The van der Waals surface area contributed by atoms with Gasteiger partial charge < -0.3 is 20.5 Å². The van der Waals surface area contributed by atoms with Crippen molar-refractivity contribution in [1.29, 1.82) is 0 Å². The van der Waals surface area contributed by atoms with Gasteiger partial charge in [0.2, 0.25) is 0 Å². The minimum atomic E-state index is -0.889. The van der Waals surface area contributed by atoms with E-state index in [1.807, 2.05) is 4.90 Å². The molecule has 1 aliphatic heterocycles. The van der Waals surface area contributed by atoms with Crippen molar-refractivity contribution in [1.82, 2.24) is 19.7 Å². The number of carboxylic acid groups (broad SMARTS) is 1. The van der Waals surface area contributed by atoms with E-state index in [0.29, 0.717) is 37.0 Å². The number of ether oxygens (including phenoxy) is 1. The van der Waals surface area contributed by atoms with Crippen LogP contribution >= 0.6 is 0 Å². The summed E-state index contributed by atoms with van der Waals surface area (Å²) in [5.41, 5.74) is 6.57. The molecule has 0 aromatic carbocycles. The molecule has 0 radical (unpaired) electrons. The second kappa shape index (κ2) is 5.98. The average Bonchev–Trinajstić information content (AvgIpc) is 3.01. The maximum Gasteiger partial charge on any atom is 0.306 e. The molecule has 9 heteroatoms. The van der Waals surface area contributed by atoms with Crippen LogP contribution in [0.2, 0.25) is 0 Å². The van der Waals surface area contributed by atoms with Crippen molar-refractivity contribution in [2.75, 3.05) is 30.3 Å². The van der Waals surface area contributed by atoms with Crippen molar-refractivity contribution >= 4 is 17.5 Å². The Hall–Kier alpha value is -2.68. The number of nitrogen functional groups attached to an aromatic ring is 1. The molecule has 1 fully saturated rings. The highest BCUT2D eigenvalue weighted by atomic mass is 16.5. The Morgan fingerprint density at radius 1 is 1.45 bits per heavy atom. The van der Waals surface area contributed by atoms with Gasteiger partial charge in [-0.1, -0.05) is 0 Å². The van der Waals surface area contributed by atoms with E-state index >= 15 is 0 Å². The van der Waals surface area contributed by atoms with E-state index in [2.05, 4.69) is 15.1 Å². The van der Waals surface area contributed by atoms with Crippen molar-refractivity contribution in [3.63, 3.8) is 0 Å². The third-order valence-electron chi connectivity index (χ3n) is 3.40. The topological polar surface area (TPSA) is 119 Å². The summed E-state index contributed by atoms with van der Waals surface area (Å²) in [5, 5.41) is 13.0. The third-order valence-corrected chi connectivity index (χ3v) is 3.40. The Morgan fingerprint density at radius 3 is 3.00 bits per heavy atom. The molecule has 3 heterocycles. The highest BCUT2D eigenvalue weighted by Gasteiger charge is 2.26. The molecule has 0 saturated carbocycles. The van der Waals surface area contributed by atoms with Crippen molar-refractivity contribution < 1.29 is 14.6 Å². The van der Waals surface area contributed by atoms with Crippen LogP contribution in [0.3, 0.4) is 0 Å². The van der Waals surface area contributed by atoms with Gasteiger partial charge in [0.05, 0.1) is 19.1 Å². The zero-order chi connectivity index (χ0) is 15.5. The second-order valence-corrected chi connectivity index (χ2v) is 4.92. The number of carbonyl (C=O) groups is 1. The molecular weight excluding hydrogens is 288 g/mol. The minimum Gasteiger partial charge on any atom is -0.481 e. The predicted molar refractivity (Wildman–Crippen MR) is 77.8 cm³/mol. The number of morpholine rings is 1. The first-order valence-corrected chi connectivity index (χ1v) is 6.84.